The van der Waals surface area contributed by atoms with Crippen LogP contribution in [-0.2, 0) is 0 Å². The zero-order valence-corrected chi connectivity index (χ0v) is 11.7. The predicted octanol–water partition coefficient (Wildman–Crippen LogP) is 1.91. The number of ether oxygens (including phenoxy) is 1. The molecule has 0 unspecified atom stereocenters. The number of carbonyl (C=O) groups is 1. The minimum absolute atomic E-state index is 0.123. The fourth-order valence-corrected chi connectivity index (χ4v) is 2.50. The Balaban J connectivity index is 2.12. The lowest BCUT2D eigenvalue weighted by Gasteiger charge is -2.28. The average molecular weight is 262 g/mol. The minimum Gasteiger partial charge on any atom is -0.497 e. The molecular weight excluding hydrogens is 240 g/mol. The van der Waals surface area contributed by atoms with Gasteiger partial charge in [-0.05, 0) is 43.7 Å². The van der Waals surface area contributed by atoms with Crippen LogP contribution in [0.2, 0.25) is 0 Å². The van der Waals surface area contributed by atoms with Crippen LogP contribution in [0.3, 0.4) is 0 Å². The molecule has 4 nitrogen and oxygen atoms in total. The van der Waals surface area contributed by atoms with E-state index in [1.807, 2.05) is 29.2 Å². The quantitative estimate of drug-likeness (QED) is 0.881. The highest BCUT2D eigenvalue weighted by Gasteiger charge is 2.26. The molecule has 1 heterocycles. The molecule has 19 heavy (non-hydrogen) atoms. The van der Waals surface area contributed by atoms with Crippen LogP contribution >= 0.6 is 0 Å². The molecule has 1 saturated heterocycles. The van der Waals surface area contributed by atoms with Crippen molar-refractivity contribution in [3.05, 3.63) is 29.8 Å². The van der Waals surface area contributed by atoms with Crippen LogP contribution in [0.1, 0.15) is 30.1 Å². The molecular formula is C15H22N2O2. The fourth-order valence-electron chi connectivity index (χ4n) is 2.50. The monoisotopic (exact) mass is 262 g/mol. The molecule has 0 radical (unpaired) electrons. The summed E-state index contributed by atoms with van der Waals surface area (Å²) in [5.74, 6) is 0.902. The average Bonchev–Trinajstić information content (AvgIpc) is 2.98. The fraction of sp³-hybridized carbons (Fsp3) is 0.533. The minimum atomic E-state index is 0.123. The Morgan fingerprint density at radius 2 is 2.16 bits per heavy atom. The topological polar surface area (TPSA) is 41.6 Å². The van der Waals surface area contributed by atoms with Crippen LogP contribution in [0.15, 0.2) is 24.3 Å². The van der Waals surface area contributed by atoms with Crippen molar-refractivity contribution in [3.63, 3.8) is 0 Å². The highest BCUT2D eigenvalue weighted by molar-refractivity contribution is 5.94. The van der Waals surface area contributed by atoms with Gasteiger partial charge in [0.25, 0.3) is 5.91 Å². The smallest absolute Gasteiger partial charge is 0.254 e. The zero-order chi connectivity index (χ0) is 13.7. The lowest BCUT2D eigenvalue weighted by atomic mass is 10.1. The molecule has 2 rings (SSSR count). The molecule has 0 bridgehead atoms. The molecule has 1 aliphatic heterocycles. The number of rotatable bonds is 5. The number of amides is 1. The van der Waals surface area contributed by atoms with Crippen LogP contribution in [-0.4, -0.2) is 43.6 Å². The third-order valence-corrected chi connectivity index (χ3v) is 3.54. The number of nitrogens with one attached hydrogen (secondary N) is 1. The molecule has 1 N–H and O–H groups in total. The maximum absolute atomic E-state index is 12.6. The first kappa shape index (κ1) is 13.9. The molecule has 1 atom stereocenters. The maximum atomic E-state index is 12.6. The number of nitrogens with zero attached hydrogens (tertiary/aromatic N) is 1. The molecule has 1 aromatic carbocycles. The number of hydrogen-bond donors (Lipinski definition) is 1. The summed E-state index contributed by atoms with van der Waals surface area (Å²) in [6, 6.07) is 7.68. The van der Waals surface area contributed by atoms with E-state index in [1.54, 1.807) is 7.11 Å². The Morgan fingerprint density at radius 1 is 1.42 bits per heavy atom. The molecule has 1 amide bonds. The highest BCUT2D eigenvalue weighted by Crippen LogP contribution is 2.17. The predicted molar refractivity (Wildman–Crippen MR) is 75.6 cm³/mol. The van der Waals surface area contributed by atoms with E-state index in [4.69, 9.17) is 4.74 Å². The zero-order valence-electron chi connectivity index (χ0n) is 11.7. The standard InChI is InChI=1S/C15H22N2O2/c1-3-10-17(13-8-9-16-11-13)15(18)12-4-6-14(19-2)7-5-12/h4-7,13,16H,3,8-11H2,1-2H3/t13-/m1/s1. The van der Waals surface area contributed by atoms with Gasteiger partial charge in [0, 0.05) is 24.7 Å². The van der Waals surface area contributed by atoms with Gasteiger partial charge in [0.1, 0.15) is 5.75 Å². The first-order chi connectivity index (χ1) is 9.26. The van der Waals surface area contributed by atoms with Crippen LogP contribution in [0.5, 0.6) is 5.75 Å². The maximum Gasteiger partial charge on any atom is 0.254 e. The van der Waals surface area contributed by atoms with Gasteiger partial charge in [0.15, 0.2) is 0 Å². The lowest BCUT2D eigenvalue weighted by molar-refractivity contribution is 0.0692. The summed E-state index contributed by atoms with van der Waals surface area (Å²) >= 11 is 0. The van der Waals surface area contributed by atoms with Crippen molar-refractivity contribution in [1.82, 2.24) is 10.2 Å². The Morgan fingerprint density at radius 3 is 2.68 bits per heavy atom. The summed E-state index contributed by atoms with van der Waals surface area (Å²) in [5.41, 5.74) is 0.737. The van der Waals surface area contributed by atoms with Crippen molar-refractivity contribution < 1.29 is 9.53 Å². The lowest BCUT2D eigenvalue weighted by Crippen LogP contribution is -2.42. The first-order valence-electron chi connectivity index (χ1n) is 6.92. The third-order valence-electron chi connectivity index (χ3n) is 3.54. The third kappa shape index (κ3) is 3.26. The van der Waals surface area contributed by atoms with Gasteiger partial charge in [-0.15, -0.1) is 0 Å². The molecule has 0 aromatic heterocycles. The number of benzene rings is 1. The van der Waals surface area contributed by atoms with E-state index in [9.17, 15) is 4.79 Å². The van der Waals surface area contributed by atoms with E-state index < -0.39 is 0 Å². The summed E-state index contributed by atoms with van der Waals surface area (Å²) in [7, 11) is 1.63. The van der Waals surface area contributed by atoms with Gasteiger partial charge in [0.05, 0.1) is 7.11 Å². The molecule has 0 saturated carbocycles. The van der Waals surface area contributed by atoms with Crippen molar-refractivity contribution in [3.8, 4) is 5.75 Å². The Hall–Kier alpha value is -1.55. The van der Waals surface area contributed by atoms with Gasteiger partial charge >= 0.3 is 0 Å². The molecule has 1 fully saturated rings. The van der Waals surface area contributed by atoms with Crippen molar-refractivity contribution in [2.75, 3.05) is 26.7 Å². The number of hydrogen-bond acceptors (Lipinski definition) is 3. The van der Waals surface area contributed by atoms with Gasteiger partial charge in [-0.3, -0.25) is 4.79 Å². The summed E-state index contributed by atoms with van der Waals surface area (Å²) in [4.78, 5) is 14.6. The molecule has 4 heteroatoms. The first-order valence-corrected chi connectivity index (χ1v) is 6.92. The van der Waals surface area contributed by atoms with Gasteiger partial charge < -0.3 is 15.0 Å². The van der Waals surface area contributed by atoms with Gasteiger partial charge in [0.2, 0.25) is 0 Å². The largest absolute Gasteiger partial charge is 0.497 e. The van der Waals surface area contributed by atoms with E-state index in [2.05, 4.69) is 12.2 Å². The van der Waals surface area contributed by atoms with Gasteiger partial charge in [-0.1, -0.05) is 6.92 Å². The number of methoxy groups -OCH3 is 1. The van der Waals surface area contributed by atoms with E-state index in [0.717, 1.165) is 43.8 Å². The van der Waals surface area contributed by atoms with E-state index in [-0.39, 0.29) is 5.91 Å². The van der Waals surface area contributed by atoms with E-state index in [1.165, 1.54) is 0 Å². The summed E-state index contributed by atoms with van der Waals surface area (Å²) in [5, 5.41) is 3.32. The van der Waals surface area contributed by atoms with Crippen molar-refractivity contribution in [2.24, 2.45) is 0 Å². The van der Waals surface area contributed by atoms with Crippen LogP contribution < -0.4 is 10.1 Å². The van der Waals surface area contributed by atoms with Gasteiger partial charge in [-0.2, -0.15) is 0 Å². The Kier molecular flexibility index (Phi) is 4.80. The molecule has 104 valence electrons. The molecule has 0 aliphatic carbocycles. The normalized spacial score (nSPS) is 18.3. The Labute approximate surface area is 114 Å². The van der Waals surface area contributed by atoms with Crippen LogP contribution in [0.4, 0.5) is 0 Å². The molecule has 0 spiro atoms. The van der Waals surface area contributed by atoms with Crippen molar-refractivity contribution in [1.29, 1.82) is 0 Å². The summed E-state index contributed by atoms with van der Waals surface area (Å²) < 4.78 is 5.12. The summed E-state index contributed by atoms with van der Waals surface area (Å²) in [6.07, 6.45) is 2.03. The van der Waals surface area contributed by atoms with E-state index in [0.29, 0.717) is 6.04 Å². The second-order valence-corrected chi connectivity index (χ2v) is 4.87. The second-order valence-electron chi connectivity index (χ2n) is 4.87. The highest BCUT2D eigenvalue weighted by atomic mass is 16.5. The SMILES string of the molecule is CCCN(C(=O)c1ccc(OC)cc1)[C@@H]1CCNC1. The van der Waals surface area contributed by atoms with Gasteiger partial charge in [-0.25, -0.2) is 0 Å². The number of carbonyl (C=O) groups excluding carboxylic acids is 1. The summed E-state index contributed by atoms with van der Waals surface area (Å²) in [6.45, 7) is 4.83. The van der Waals surface area contributed by atoms with E-state index >= 15 is 0 Å². The van der Waals surface area contributed by atoms with Crippen LogP contribution in [0, 0.1) is 0 Å². The molecule has 1 aliphatic rings. The Bertz CT molecular complexity index is 411. The molecule has 1 aromatic rings. The van der Waals surface area contributed by atoms with Crippen molar-refractivity contribution in [2.45, 2.75) is 25.8 Å². The van der Waals surface area contributed by atoms with Crippen LogP contribution in [0.25, 0.3) is 0 Å². The van der Waals surface area contributed by atoms with Crippen molar-refractivity contribution >= 4 is 5.91 Å². The second kappa shape index (κ2) is 6.57.